The van der Waals surface area contributed by atoms with Crippen molar-refractivity contribution in [2.45, 2.75) is 25.3 Å². The molecule has 3 nitrogen and oxygen atoms in total. The van der Waals surface area contributed by atoms with Gasteiger partial charge in [-0.2, -0.15) is 0 Å². The van der Waals surface area contributed by atoms with Crippen molar-refractivity contribution in [3.8, 4) is 0 Å². The van der Waals surface area contributed by atoms with Gasteiger partial charge in [0.2, 0.25) is 5.91 Å². The lowest BCUT2D eigenvalue weighted by molar-refractivity contribution is -0.118. The van der Waals surface area contributed by atoms with E-state index in [2.05, 4.69) is 21.7 Å². The second-order valence-corrected chi connectivity index (χ2v) is 8.26. The Balaban J connectivity index is 1.49. The number of fused-ring (bicyclic) bond motifs is 1. The van der Waals surface area contributed by atoms with Gasteiger partial charge >= 0.3 is 0 Å². The topological polar surface area (TPSA) is 32.3 Å². The minimum atomic E-state index is -0.0608. The molecule has 0 spiro atoms. The van der Waals surface area contributed by atoms with Gasteiger partial charge in [-0.1, -0.05) is 29.3 Å². The van der Waals surface area contributed by atoms with E-state index < -0.39 is 0 Å². The zero-order chi connectivity index (χ0) is 16.7. The second kappa shape index (κ2) is 6.68. The second-order valence-electron chi connectivity index (χ2n) is 6.45. The molecule has 2 aliphatic rings. The molecule has 1 N–H and O–H groups in total. The Morgan fingerprint density at radius 3 is 2.71 bits per heavy atom. The molecular weight excluding hydrogens is 363 g/mol. The summed E-state index contributed by atoms with van der Waals surface area (Å²) in [6.07, 6.45) is 3.54. The van der Waals surface area contributed by atoms with E-state index in [0.717, 1.165) is 13.0 Å². The molecule has 1 aromatic carbocycles. The van der Waals surface area contributed by atoms with Crippen LogP contribution >= 0.6 is 34.5 Å². The van der Waals surface area contributed by atoms with Crippen molar-refractivity contribution in [1.82, 2.24) is 4.90 Å². The van der Waals surface area contributed by atoms with Crippen molar-refractivity contribution in [1.29, 1.82) is 0 Å². The molecule has 6 heteroatoms. The van der Waals surface area contributed by atoms with Crippen LogP contribution in [0, 0.1) is 5.92 Å². The van der Waals surface area contributed by atoms with E-state index in [9.17, 15) is 4.79 Å². The minimum absolute atomic E-state index is 0.0608. The van der Waals surface area contributed by atoms with Crippen LogP contribution in [0.15, 0.2) is 29.6 Å². The Morgan fingerprint density at radius 2 is 2.00 bits per heavy atom. The van der Waals surface area contributed by atoms with Gasteiger partial charge in [0.1, 0.15) is 0 Å². The van der Waals surface area contributed by atoms with E-state index in [4.69, 9.17) is 23.2 Å². The normalized spacial score (nSPS) is 20.7. The van der Waals surface area contributed by atoms with Crippen LogP contribution in [0.2, 0.25) is 10.0 Å². The average molecular weight is 381 g/mol. The van der Waals surface area contributed by atoms with E-state index in [0.29, 0.717) is 34.2 Å². The highest BCUT2D eigenvalue weighted by atomic mass is 35.5. The molecule has 1 saturated carbocycles. The van der Waals surface area contributed by atoms with Gasteiger partial charge in [0.05, 0.1) is 22.3 Å². The number of hydrogen-bond acceptors (Lipinski definition) is 3. The Bertz CT molecular complexity index is 752. The van der Waals surface area contributed by atoms with E-state index in [1.54, 1.807) is 18.2 Å². The Labute approximate surface area is 155 Å². The number of carbonyl (C=O) groups excluding carboxylic acids is 1. The number of carbonyl (C=O) groups is 1. The summed E-state index contributed by atoms with van der Waals surface area (Å²) < 4.78 is 0. The molecule has 0 bridgehead atoms. The molecule has 1 aliphatic heterocycles. The molecule has 1 aliphatic carbocycles. The highest BCUT2D eigenvalue weighted by molar-refractivity contribution is 7.10. The molecule has 0 saturated heterocycles. The third kappa shape index (κ3) is 3.21. The molecule has 0 unspecified atom stereocenters. The number of thiophene rings is 1. The van der Waals surface area contributed by atoms with Gasteiger partial charge in [0.15, 0.2) is 0 Å². The fraction of sp³-hybridized carbons (Fsp3) is 0.389. The van der Waals surface area contributed by atoms with Gasteiger partial charge in [-0.25, -0.2) is 0 Å². The van der Waals surface area contributed by atoms with E-state index in [1.807, 2.05) is 11.3 Å². The molecular formula is C18H18Cl2N2OS. The van der Waals surface area contributed by atoms with Gasteiger partial charge < -0.3 is 5.32 Å². The van der Waals surface area contributed by atoms with E-state index >= 15 is 0 Å². The lowest BCUT2D eigenvalue weighted by Gasteiger charge is -2.35. The predicted molar refractivity (Wildman–Crippen MR) is 100 cm³/mol. The number of hydrogen-bond donors (Lipinski definition) is 1. The van der Waals surface area contributed by atoms with Gasteiger partial charge in [-0.05, 0) is 54.3 Å². The third-order valence-electron chi connectivity index (χ3n) is 4.76. The number of anilines is 1. The number of amides is 1. The molecule has 1 atom stereocenters. The first-order chi connectivity index (χ1) is 11.6. The predicted octanol–water partition coefficient (Wildman–Crippen LogP) is 5.00. The summed E-state index contributed by atoms with van der Waals surface area (Å²) in [6.45, 7) is 1.30. The summed E-state index contributed by atoms with van der Waals surface area (Å²) in [5.74, 6) is 0.629. The van der Waals surface area contributed by atoms with Gasteiger partial charge in [-0.3, -0.25) is 9.69 Å². The van der Waals surface area contributed by atoms with Crippen molar-refractivity contribution in [3.05, 3.63) is 50.1 Å². The average Bonchev–Trinajstić information content (AvgIpc) is 3.27. The zero-order valence-electron chi connectivity index (χ0n) is 13.1. The Hall–Kier alpha value is -1.07. The standard InChI is InChI=1S/C18H18Cl2N2OS/c19-13-2-1-3-14(20)17(13)21-16(23)10-22-8-6-15-12(7-9-24-15)18(22)11-4-5-11/h1-3,7,9,11,18H,4-6,8,10H2,(H,21,23)/t18-/m1/s1. The van der Waals surface area contributed by atoms with Crippen LogP contribution in [0.3, 0.4) is 0 Å². The number of nitrogens with zero attached hydrogens (tertiary/aromatic N) is 1. The maximum atomic E-state index is 12.6. The van der Waals surface area contributed by atoms with E-state index in [-0.39, 0.29) is 5.91 Å². The fourth-order valence-electron chi connectivity index (χ4n) is 3.52. The van der Waals surface area contributed by atoms with Gasteiger partial charge in [0, 0.05) is 17.5 Å². The Kier molecular flexibility index (Phi) is 4.56. The van der Waals surface area contributed by atoms with Crippen LogP contribution < -0.4 is 5.32 Å². The van der Waals surface area contributed by atoms with Gasteiger partial charge in [-0.15, -0.1) is 11.3 Å². The highest BCUT2D eigenvalue weighted by Gasteiger charge is 2.40. The molecule has 4 rings (SSSR count). The number of halogens is 2. The minimum Gasteiger partial charge on any atom is -0.322 e. The van der Waals surface area contributed by atoms with Crippen molar-refractivity contribution >= 4 is 46.1 Å². The summed E-state index contributed by atoms with van der Waals surface area (Å²) in [6, 6.07) is 7.85. The summed E-state index contributed by atoms with van der Waals surface area (Å²) in [7, 11) is 0. The third-order valence-corrected chi connectivity index (χ3v) is 6.39. The lowest BCUT2D eigenvalue weighted by Crippen LogP contribution is -2.41. The van der Waals surface area contributed by atoms with Crippen LogP contribution in [0.4, 0.5) is 5.69 Å². The first kappa shape index (κ1) is 16.4. The molecule has 126 valence electrons. The number of rotatable bonds is 4. The van der Waals surface area contributed by atoms with Crippen LogP contribution in [-0.4, -0.2) is 23.9 Å². The fourth-order valence-corrected chi connectivity index (χ4v) is 4.93. The molecule has 1 aromatic heterocycles. The zero-order valence-corrected chi connectivity index (χ0v) is 15.4. The van der Waals surface area contributed by atoms with Crippen LogP contribution in [0.5, 0.6) is 0 Å². The lowest BCUT2D eigenvalue weighted by atomic mass is 9.96. The maximum absolute atomic E-state index is 12.6. The van der Waals surface area contributed by atoms with Crippen molar-refractivity contribution in [3.63, 3.8) is 0 Å². The molecule has 0 radical (unpaired) electrons. The summed E-state index contributed by atoms with van der Waals surface area (Å²) >= 11 is 14.1. The summed E-state index contributed by atoms with van der Waals surface area (Å²) in [4.78, 5) is 16.4. The maximum Gasteiger partial charge on any atom is 0.238 e. The van der Waals surface area contributed by atoms with E-state index in [1.165, 1.54) is 23.3 Å². The first-order valence-corrected chi connectivity index (χ1v) is 9.81. The highest BCUT2D eigenvalue weighted by Crippen LogP contribution is 2.48. The SMILES string of the molecule is O=C(CN1CCc2sccc2[C@H]1C1CC1)Nc1c(Cl)cccc1Cl. The smallest absolute Gasteiger partial charge is 0.238 e. The summed E-state index contributed by atoms with van der Waals surface area (Å²) in [5, 5.41) is 5.99. The van der Waals surface area contributed by atoms with Gasteiger partial charge in [0.25, 0.3) is 0 Å². The van der Waals surface area contributed by atoms with Crippen molar-refractivity contribution < 1.29 is 4.79 Å². The molecule has 1 fully saturated rings. The van der Waals surface area contributed by atoms with Crippen molar-refractivity contribution in [2.24, 2.45) is 5.92 Å². The van der Waals surface area contributed by atoms with Crippen LogP contribution in [0.1, 0.15) is 29.3 Å². The Morgan fingerprint density at radius 1 is 1.25 bits per heavy atom. The van der Waals surface area contributed by atoms with Crippen molar-refractivity contribution in [2.75, 3.05) is 18.4 Å². The molecule has 24 heavy (non-hydrogen) atoms. The largest absolute Gasteiger partial charge is 0.322 e. The number of nitrogens with one attached hydrogen (secondary N) is 1. The van der Waals surface area contributed by atoms with Crippen LogP contribution in [0.25, 0.3) is 0 Å². The quantitative estimate of drug-likeness (QED) is 0.808. The molecule has 2 aromatic rings. The number of para-hydroxylation sites is 1. The molecule has 2 heterocycles. The monoisotopic (exact) mass is 380 g/mol. The summed E-state index contributed by atoms with van der Waals surface area (Å²) in [5.41, 5.74) is 1.93. The first-order valence-electron chi connectivity index (χ1n) is 8.17. The van der Waals surface area contributed by atoms with Crippen LogP contribution in [-0.2, 0) is 11.2 Å². The number of benzene rings is 1. The molecule has 1 amide bonds.